The number of hydrogen-bond acceptors (Lipinski definition) is 4. The lowest BCUT2D eigenvalue weighted by Gasteiger charge is -2.16. The molecule has 18 heavy (non-hydrogen) atoms. The molecule has 0 aromatic carbocycles. The third-order valence-corrected chi connectivity index (χ3v) is 2.84. The molecule has 0 saturated carbocycles. The summed E-state index contributed by atoms with van der Waals surface area (Å²) in [7, 11) is 0. The van der Waals surface area contributed by atoms with Crippen LogP contribution in [0.4, 0.5) is 0 Å². The Bertz CT molecular complexity index is 305. The van der Waals surface area contributed by atoms with Crippen LogP contribution in [0.1, 0.15) is 33.1 Å². The van der Waals surface area contributed by atoms with Crippen molar-refractivity contribution in [2.24, 2.45) is 5.92 Å². The number of carboxylic acid groups (broad SMARTS) is 1. The quantitative estimate of drug-likeness (QED) is 0.630. The van der Waals surface area contributed by atoms with Gasteiger partial charge in [0.15, 0.2) is 6.10 Å². The summed E-state index contributed by atoms with van der Waals surface area (Å²) in [4.78, 5) is 22.3. The first kappa shape index (κ1) is 14.9. The van der Waals surface area contributed by atoms with Gasteiger partial charge in [-0.05, 0) is 25.2 Å². The normalized spacial score (nSPS) is 25.1. The van der Waals surface area contributed by atoms with Crippen molar-refractivity contribution in [3.63, 3.8) is 0 Å². The second-order valence-corrected chi connectivity index (χ2v) is 5.06. The van der Waals surface area contributed by atoms with Crippen LogP contribution in [0.3, 0.4) is 0 Å². The zero-order valence-electron chi connectivity index (χ0n) is 10.8. The molecule has 1 amide bonds. The molecule has 1 aliphatic heterocycles. The number of ether oxygens (including phenoxy) is 1. The summed E-state index contributed by atoms with van der Waals surface area (Å²) in [6.45, 7) is 4.15. The molecule has 3 N–H and O–H groups in total. The third kappa shape index (κ3) is 4.62. The van der Waals surface area contributed by atoms with E-state index in [-0.39, 0.29) is 12.5 Å². The monoisotopic (exact) mass is 259 g/mol. The van der Waals surface area contributed by atoms with E-state index in [0.29, 0.717) is 25.2 Å². The molecule has 104 valence electrons. The molecule has 1 fully saturated rings. The zero-order valence-corrected chi connectivity index (χ0v) is 10.8. The Morgan fingerprint density at radius 2 is 1.94 bits per heavy atom. The summed E-state index contributed by atoms with van der Waals surface area (Å²) in [5.41, 5.74) is 0. The molecule has 0 spiro atoms. The summed E-state index contributed by atoms with van der Waals surface area (Å²) in [5, 5.41) is 20.9. The molecule has 0 aliphatic carbocycles. The molecule has 1 heterocycles. The summed E-state index contributed by atoms with van der Waals surface area (Å²) in [6.07, 6.45) is -0.807. The Morgan fingerprint density at radius 3 is 2.44 bits per heavy atom. The fourth-order valence-electron chi connectivity index (χ4n) is 1.97. The average Bonchev–Trinajstić information content (AvgIpc) is 2.74. The second-order valence-electron chi connectivity index (χ2n) is 5.06. The minimum absolute atomic E-state index is 0.175. The molecule has 6 nitrogen and oxygen atoms in total. The van der Waals surface area contributed by atoms with Gasteiger partial charge in [-0.25, -0.2) is 4.79 Å². The number of amides is 1. The first-order chi connectivity index (χ1) is 8.40. The predicted octanol–water partition coefficient (Wildman–Crippen LogP) is 0.142. The van der Waals surface area contributed by atoms with Crippen LogP contribution in [0.25, 0.3) is 0 Å². The van der Waals surface area contributed by atoms with Crippen LogP contribution >= 0.6 is 0 Å². The van der Waals surface area contributed by atoms with Crippen molar-refractivity contribution in [2.45, 2.75) is 51.4 Å². The highest BCUT2D eigenvalue weighted by molar-refractivity contribution is 5.82. The van der Waals surface area contributed by atoms with Gasteiger partial charge in [-0.1, -0.05) is 13.8 Å². The van der Waals surface area contributed by atoms with E-state index in [1.165, 1.54) is 0 Å². The molecule has 0 aromatic heterocycles. The first-order valence-electron chi connectivity index (χ1n) is 6.24. The van der Waals surface area contributed by atoms with Gasteiger partial charge in [0.05, 0.1) is 6.10 Å². The van der Waals surface area contributed by atoms with E-state index in [4.69, 9.17) is 9.84 Å². The van der Waals surface area contributed by atoms with E-state index >= 15 is 0 Å². The number of carbonyl (C=O) groups is 2. The van der Waals surface area contributed by atoms with Gasteiger partial charge in [0, 0.05) is 6.54 Å². The largest absolute Gasteiger partial charge is 0.479 e. The Morgan fingerprint density at radius 1 is 1.33 bits per heavy atom. The number of hydrogen-bond donors (Lipinski definition) is 3. The van der Waals surface area contributed by atoms with Gasteiger partial charge in [0.1, 0.15) is 6.10 Å². The molecule has 0 radical (unpaired) electrons. The Labute approximate surface area is 106 Å². The number of carboxylic acids is 1. The van der Waals surface area contributed by atoms with Crippen LogP contribution in [0.5, 0.6) is 0 Å². The molecule has 0 bridgehead atoms. The average molecular weight is 259 g/mol. The van der Waals surface area contributed by atoms with Crippen molar-refractivity contribution in [1.82, 2.24) is 5.32 Å². The highest BCUT2D eigenvalue weighted by Gasteiger charge is 2.34. The third-order valence-electron chi connectivity index (χ3n) is 2.84. The fourth-order valence-corrected chi connectivity index (χ4v) is 1.97. The van der Waals surface area contributed by atoms with Crippen LogP contribution in [-0.2, 0) is 14.3 Å². The van der Waals surface area contributed by atoms with Crippen LogP contribution in [0, 0.1) is 5.92 Å². The van der Waals surface area contributed by atoms with Gasteiger partial charge in [-0.2, -0.15) is 0 Å². The molecule has 0 aromatic rings. The molecule has 1 aliphatic rings. The lowest BCUT2D eigenvalue weighted by molar-refractivity contribution is -0.151. The summed E-state index contributed by atoms with van der Waals surface area (Å²) in [6, 6.07) is 0. The topological polar surface area (TPSA) is 95.9 Å². The summed E-state index contributed by atoms with van der Waals surface area (Å²) >= 11 is 0. The van der Waals surface area contributed by atoms with E-state index in [1.807, 2.05) is 13.8 Å². The van der Waals surface area contributed by atoms with Crippen molar-refractivity contribution in [3.05, 3.63) is 0 Å². The van der Waals surface area contributed by atoms with E-state index in [1.54, 1.807) is 0 Å². The van der Waals surface area contributed by atoms with E-state index in [2.05, 4.69) is 5.32 Å². The number of nitrogens with one attached hydrogen (secondary N) is 1. The Balaban J connectivity index is 2.28. The van der Waals surface area contributed by atoms with Gasteiger partial charge < -0.3 is 20.3 Å². The molecule has 6 heteroatoms. The number of aliphatic hydroxyl groups excluding tert-OH is 1. The van der Waals surface area contributed by atoms with E-state index < -0.39 is 24.3 Å². The van der Waals surface area contributed by atoms with Crippen molar-refractivity contribution in [1.29, 1.82) is 0 Å². The number of carbonyl (C=O) groups excluding carboxylic acids is 1. The van der Waals surface area contributed by atoms with Crippen molar-refractivity contribution >= 4 is 11.9 Å². The van der Waals surface area contributed by atoms with Gasteiger partial charge in [-0.15, -0.1) is 0 Å². The number of aliphatic hydroxyl groups is 1. The fraction of sp³-hybridized carbons (Fsp3) is 0.833. The van der Waals surface area contributed by atoms with Gasteiger partial charge in [0.2, 0.25) is 5.91 Å². The van der Waals surface area contributed by atoms with Crippen LogP contribution in [0.15, 0.2) is 0 Å². The molecule has 1 saturated heterocycles. The van der Waals surface area contributed by atoms with E-state index in [0.717, 1.165) is 0 Å². The van der Waals surface area contributed by atoms with Crippen molar-refractivity contribution in [3.8, 4) is 0 Å². The van der Waals surface area contributed by atoms with E-state index in [9.17, 15) is 14.7 Å². The standard InChI is InChI=1S/C12H21NO5/c1-7(2)5-8(14)6-13-11(15)9-3-4-10(18-9)12(16)17/h7-10,14H,3-6H2,1-2H3,(H,13,15)(H,16,17)/t8?,9-,10+/m0/s1. The zero-order chi connectivity index (χ0) is 13.7. The molecular formula is C12H21NO5. The summed E-state index contributed by atoms with van der Waals surface area (Å²) < 4.78 is 5.10. The molecular weight excluding hydrogens is 238 g/mol. The predicted molar refractivity (Wildman–Crippen MR) is 64.0 cm³/mol. The number of aliphatic carboxylic acids is 1. The van der Waals surface area contributed by atoms with Gasteiger partial charge >= 0.3 is 5.97 Å². The highest BCUT2D eigenvalue weighted by atomic mass is 16.5. The maximum atomic E-state index is 11.7. The van der Waals surface area contributed by atoms with Crippen LogP contribution in [-0.4, -0.2) is 46.9 Å². The molecule has 1 unspecified atom stereocenters. The SMILES string of the molecule is CC(C)CC(O)CNC(=O)[C@@H]1CC[C@H](C(=O)O)O1. The Kier molecular flexibility index (Phi) is 5.55. The first-order valence-corrected chi connectivity index (χ1v) is 6.24. The van der Waals surface area contributed by atoms with Crippen LogP contribution < -0.4 is 5.32 Å². The summed E-state index contributed by atoms with van der Waals surface area (Å²) in [5.74, 6) is -1.03. The van der Waals surface area contributed by atoms with Crippen molar-refractivity contribution in [2.75, 3.05) is 6.54 Å². The maximum Gasteiger partial charge on any atom is 0.332 e. The van der Waals surface area contributed by atoms with Gasteiger partial charge in [0.25, 0.3) is 0 Å². The minimum Gasteiger partial charge on any atom is -0.479 e. The Hall–Kier alpha value is -1.14. The maximum absolute atomic E-state index is 11.7. The van der Waals surface area contributed by atoms with Crippen LogP contribution in [0.2, 0.25) is 0 Å². The molecule has 1 rings (SSSR count). The number of rotatable bonds is 6. The second kappa shape index (κ2) is 6.70. The lowest BCUT2D eigenvalue weighted by Crippen LogP contribution is -2.39. The van der Waals surface area contributed by atoms with Gasteiger partial charge in [-0.3, -0.25) is 4.79 Å². The highest BCUT2D eigenvalue weighted by Crippen LogP contribution is 2.19. The van der Waals surface area contributed by atoms with Crippen molar-refractivity contribution < 1.29 is 24.5 Å². The molecule has 3 atom stereocenters. The minimum atomic E-state index is -1.04. The lowest BCUT2D eigenvalue weighted by atomic mass is 10.1. The smallest absolute Gasteiger partial charge is 0.332 e.